The Balaban J connectivity index is 1.01. The van der Waals surface area contributed by atoms with Gasteiger partial charge in [0.15, 0.2) is 18.1 Å². The first kappa shape index (κ1) is 37.1. The topological polar surface area (TPSA) is 154 Å². The minimum atomic E-state index is -0.743. The summed E-state index contributed by atoms with van der Waals surface area (Å²) in [6.45, 7) is 10.2. The van der Waals surface area contributed by atoms with Crippen LogP contribution in [-0.2, 0) is 25.4 Å². The summed E-state index contributed by atoms with van der Waals surface area (Å²) < 4.78 is 33.7. The van der Waals surface area contributed by atoms with Gasteiger partial charge in [-0.2, -0.15) is 0 Å². The highest BCUT2D eigenvalue weighted by molar-refractivity contribution is 5.91. The summed E-state index contributed by atoms with van der Waals surface area (Å²) in [5, 5.41) is 16.1. The van der Waals surface area contributed by atoms with Crippen molar-refractivity contribution in [3.63, 3.8) is 0 Å². The molecule has 2 amide bonds. The molecule has 2 aliphatic carbocycles. The molecular formula is C37H49N3O10. The van der Waals surface area contributed by atoms with Crippen molar-refractivity contribution in [3.8, 4) is 17.2 Å². The fourth-order valence-corrected chi connectivity index (χ4v) is 6.49. The van der Waals surface area contributed by atoms with E-state index in [9.17, 15) is 19.5 Å². The van der Waals surface area contributed by atoms with Gasteiger partial charge < -0.3 is 49.1 Å². The average Bonchev–Trinajstić information content (AvgIpc) is 3.50. The number of benzene rings is 2. The molecule has 0 aromatic heterocycles. The van der Waals surface area contributed by atoms with Gasteiger partial charge in [-0.3, -0.25) is 4.79 Å². The van der Waals surface area contributed by atoms with E-state index in [4.69, 9.17) is 28.4 Å². The van der Waals surface area contributed by atoms with Crippen LogP contribution in [0.1, 0.15) is 55.1 Å². The third-order valence-corrected chi connectivity index (χ3v) is 8.93. The summed E-state index contributed by atoms with van der Waals surface area (Å²) in [5.74, 6) is 0.590. The van der Waals surface area contributed by atoms with Crippen molar-refractivity contribution in [2.45, 2.75) is 63.9 Å². The molecule has 2 aromatic carbocycles. The lowest BCUT2D eigenvalue weighted by molar-refractivity contribution is -0.123. The van der Waals surface area contributed by atoms with Crippen LogP contribution in [0.4, 0.5) is 4.79 Å². The van der Waals surface area contributed by atoms with Gasteiger partial charge in [0.2, 0.25) is 0 Å². The molecule has 1 heterocycles. The number of carbonyl (C=O) groups excluding carboxylic acids is 3. The Morgan fingerprint density at radius 3 is 2.34 bits per heavy atom. The number of aliphatic hydroxyl groups is 1. The van der Waals surface area contributed by atoms with Crippen LogP contribution < -0.4 is 24.8 Å². The van der Waals surface area contributed by atoms with Crippen LogP contribution in [-0.4, -0.2) is 112 Å². The molecule has 0 spiro atoms. The number of rotatable bonds is 16. The van der Waals surface area contributed by atoms with Crippen molar-refractivity contribution in [2.24, 2.45) is 5.92 Å². The van der Waals surface area contributed by atoms with Crippen molar-refractivity contribution >= 4 is 18.0 Å². The minimum absolute atomic E-state index is 0.0142. The van der Waals surface area contributed by atoms with Crippen LogP contribution >= 0.6 is 0 Å². The molecule has 1 aliphatic heterocycles. The molecule has 13 nitrogen and oxygen atoms in total. The van der Waals surface area contributed by atoms with Gasteiger partial charge in [-0.15, -0.1) is 0 Å². The summed E-state index contributed by atoms with van der Waals surface area (Å²) in [7, 11) is 2.12. The predicted molar refractivity (Wildman–Crippen MR) is 184 cm³/mol. The summed E-state index contributed by atoms with van der Waals surface area (Å²) in [6.07, 6.45) is 3.12. The SMILES string of the molecule is CCN(C)[C@@H]1Cc2ccc(OC(=O)c3ccc(OCC(=O)NCCOCCOCCNC(=O)OC(C)(C)C)cc3)c3c2C2[C@H]1C=C[C@H](O)[C@@H]2O3. The van der Waals surface area contributed by atoms with Crippen molar-refractivity contribution in [1.82, 2.24) is 15.5 Å². The second-order valence-corrected chi connectivity index (χ2v) is 13.6. The van der Waals surface area contributed by atoms with E-state index in [1.807, 2.05) is 12.1 Å². The van der Waals surface area contributed by atoms with Crippen molar-refractivity contribution < 1.29 is 47.9 Å². The Kier molecular flexibility index (Phi) is 12.4. The molecule has 1 unspecified atom stereocenters. The van der Waals surface area contributed by atoms with Gasteiger partial charge in [0.05, 0.1) is 32.0 Å². The smallest absolute Gasteiger partial charge is 0.407 e. The van der Waals surface area contributed by atoms with Gasteiger partial charge in [0.25, 0.3) is 5.91 Å². The quantitative estimate of drug-likeness (QED) is 0.103. The number of hydrogen-bond acceptors (Lipinski definition) is 11. The first-order chi connectivity index (χ1) is 23.9. The maximum absolute atomic E-state index is 13.1. The summed E-state index contributed by atoms with van der Waals surface area (Å²) in [4.78, 5) is 39.3. The van der Waals surface area contributed by atoms with Crippen molar-refractivity contribution in [3.05, 3.63) is 65.2 Å². The molecule has 0 radical (unpaired) electrons. The number of esters is 1. The Morgan fingerprint density at radius 2 is 1.66 bits per heavy atom. The van der Waals surface area contributed by atoms with Gasteiger partial charge in [-0.1, -0.05) is 25.1 Å². The van der Waals surface area contributed by atoms with Gasteiger partial charge in [0.1, 0.15) is 23.6 Å². The lowest BCUT2D eigenvalue weighted by Crippen LogP contribution is -2.49. The number of likely N-dealkylation sites (N-methyl/N-ethyl adjacent to an activating group) is 1. The summed E-state index contributed by atoms with van der Waals surface area (Å²) in [5.41, 5.74) is 1.94. The van der Waals surface area contributed by atoms with E-state index >= 15 is 0 Å². The maximum Gasteiger partial charge on any atom is 0.407 e. The van der Waals surface area contributed by atoms with Gasteiger partial charge >= 0.3 is 12.1 Å². The van der Waals surface area contributed by atoms with Crippen LogP contribution in [0.3, 0.4) is 0 Å². The first-order valence-electron chi connectivity index (χ1n) is 17.2. The fraction of sp³-hybridized carbons (Fsp3) is 0.541. The minimum Gasteiger partial charge on any atom is -0.484 e. The lowest BCUT2D eigenvalue weighted by Gasteiger charge is -2.43. The van der Waals surface area contributed by atoms with Gasteiger partial charge in [-0.05, 0) is 76.7 Å². The summed E-state index contributed by atoms with van der Waals surface area (Å²) >= 11 is 0. The molecule has 2 aromatic rings. The highest BCUT2D eigenvalue weighted by Gasteiger charge is 2.52. The van der Waals surface area contributed by atoms with Crippen molar-refractivity contribution in [2.75, 3.05) is 59.7 Å². The number of alkyl carbamates (subject to hydrolysis) is 1. The second kappa shape index (κ2) is 16.7. The van der Waals surface area contributed by atoms with Crippen LogP contribution in [0.5, 0.6) is 17.2 Å². The molecule has 5 rings (SSSR count). The Bertz CT molecular complexity index is 1520. The maximum atomic E-state index is 13.1. The van der Waals surface area contributed by atoms with Gasteiger partial charge in [-0.25, -0.2) is 9.59 Å². The first-order valence-corrected chi connectivity index (χ1v) is 17.2. The average molecular weight is 696 g/mol. The van der Waals surface area contributed by atoms with E-state index in [1.165, 1.54) is 0 Å². The number of aliphatic hydroxyl groups excluding tert-OH is 1. The zero-order valence-corrected chi connectivity index (χ0v) is 29.4. The van der Waals surface area contributed by atoms with Crippen LogP contribution in [0.15, 0.2) is 48.6 Å². The molecule has 0 fully saturated rings. The highest BCUT2D eigenvalue weighted by Crippen LogP contribution is 2.56. The van der Waals surface area contributed by atoms with E-state index in [0.717, 1.165) is 24.1 Å². The number of amides is 2. The molecule has 3 N–H and O–H groups in total. The van der Waals surface area contributed by atoms with Gasteiger partial charge in [0, 0.05) is 36.5 Å². The number of carbonyl (C=O) groups is 3. The predicted octanol–water partition coefficient (Wildman–Crippen LogP) is 3.23. The third kappa shape index (κ3) is 9.33. The lowest BCUT2D eigenvalue weighted by atomic mass is 9.67. The van der Waals surface area contributed by atoms with Crippen LogP contribution in [0.25, 0.3) is 0 Å². The van der Waals surface area contributed by atoms with E-state index < -0.39 is 29.9 Å². The molecule has 0 bridgehead atoms. The van der Waals surface area contributed by atoms with E-state index in [0.29, 0.717) is 62.3 Å². The molecule has 5 atom stereocenters. The van der Waals surface area contributed by atoms with E-state index in [2.05, 4.69) is 35.6 Å². The standard InChI is InChI=1S/C37H49N3O10/c1-6-40(5)27-21-24-9-14-29(34-31(24)32-26(27)12-13-28(41)33(32)49-34)48-35(43)23-7-10-25(11-8-23)47-22-30(42)38-15-17-45-19-20-46-18-16-39-36(44)50-37(2,3)4/h7-14,26-28,32-33,41H,6,15-22H2,1-5H3,(H,38,42)(H,39,44)/t26-,27+,28-,32?,33-/m0/s1. The van der Waals surface area contributed by atoms with Crippen LogP contribution in [0.2, 0.25) is 0 Å². The van der Waals surface area contributed by atoms with Crippen LogP contribution in [0, 0.1) is 5.92 Å². The second-order valence-electron chi connectivity index (χ2n) is 13.6. The molecule has 13 heteroatoms. The third-order valence-electron chi connectivity index (χ3n) is 8.93. The largest absolute Gasteiger partial charge is 0.484 e. The molecule has 50 heavy (non-hydrogen) atoms. The molecule has 0 saturated heterocycles. The molecular weight excluding hydrogens is 646 g/mol. The Hall–Kier alpha value is -4.17. The summed E-state index contributed by atoms with van der Waals surface area (Å²) in [6, 6.07) is 10.4. The molecule has 3 aliphatic rings. The highest BCUT2D eigenvalue weighted by atomic mass is 16.6. The zero-order valence-electron chi connectivity index (χ0n) is 29.4. The number of hydrogen-bond donors (Lipinski definition) is 3. The normalized spacial score (nSPS) is 21.6. The monoisotopic (exact) mass is 695 g/mol. The molecule has 0 saturated carbocycles. The Morgan fingerprint density at radius 1 is 0.960 bits per heavy atom. The fourth-order valence-electron chi connectivity index (χ4n) is 6.49. The number of ether oxygens (including phenoxy) is 6. The molecule has 272 valence electrons. The van der Waals surface area contributed by atoms with E-state index in [-0.39, 0.29) is 30.4 Å². The number of nitrogens with zero attached hydrogens (tertiary/aromatic N) is 1. The Labute approximate surface area is 293 Å². The number of nitrogens with one attached hydrogen (secondary N) is 2. The zero-order chi connectivity index (χ0) is 35.8. The van der Waals surface area contributed by atoms with Crippen molar-refractivity contribution in [1.29, 1.82) is 0 Å². The van der Waals surface area contributed by atoms with E-state index in [1.54, 1.807) is 51.1 Å².